The molecule has 0 aliphatic rings. The number of hydroxylamine groups is 1. The zero-order valence-electron chi connectivity index (χ0n) is 23.7. The molecule has 4 rings (SSSR count). The number of nitrogens with one attached hydrogen (secondary N) is 3. The lowest BCUT2D eigenvalue weighted by molar-refractivity contribution is -0.129. The van der Waals surface area contributed by atoms with Crippen molar-refractivity contribution < 1.29 is 24.4 Å². The minimum Gasteiger partial charge on any atom is -0.344 e. The molecular formula is C32H35N5O5. The molecule has 0 saturated carbocycles. The standard InChI is InChI=1S/C32H35N5O5/c1-21-13-15-23(16-14-21)31(40)27-18-17-24(37(27)2)20-29(39)34-26(10-4-3-5-12-28(38)36-42)32(41)35-25-11-6-8-22-9-7-19-33-30(22)25/h6-9,11,13-19,26,42H,3-5,10,12,20H2,1-2H3,(H,34,39)(H,35,41)(H,36,38)/t26-/m0/s1. The molecule has 10 nitrogen and oxygen atoms in total. The van der Waals surface area contributed by atoms with Crippen molar-refractivity contribution in [1.82, 2.24) is 20.3 Å². The fourth-order valence-electron chi connectivity index (χ4n) is 4.78. The van der Waals surface area contributed by atoms with E-state index < -0.39 is 11.9 Å². The van der Waals surface area contributed by atoms with Crippen LogP contribution in [-0.4, -0.2) is 44.3 Å². The molecule has 0 spiro atoms. The first kappa shape index (κ1) is 30.1. The van der Waals surface area contributed by atoms with Gasteiger partial charge in [-0.05, 0) is 44.0 Å². The Morgan fingerprint density at radius 2 is 1.67 bits per heavy atom. The molecule has 1 atom stereocenters. The number of ketones is 1. The molecule has 0 aliphatic carbocycles. The Balaban J connectivity index is 1.44. The number of benzene rings is 2. The summed E-state index contributed by atoms with van der Waals surface area (Å²) in [6.45, 7) is 1.95. The fraction of sp³-hybridized carbons (Fsp3) is 0.281. The Kier molecular flexibility index (Phi) is 10.2. The molecule has 0 aliphatic heterocycles. The summed E-state index contributed by atoms with van der Waals surface area (Å²) in [7, 11) is 1.74. The number of carbonyl (C=O) groups is 4. The van der Waals surface area contributed by atoms with Crippen LogP contribution in [0.15, 0.2) is 72.9 Å². The molecule has 4 N–H and O–H groups in total. The molecule has 0 radical (unpaired) electrons. The lowest BCUT2D eigenvalue weighted by Gasteiger charge is -2.19. The van der Waals surface area contributed by atoms with E-state index in [-0.39, 0.29) is 30.4 Å². The first-order valence-electron chi connectivity index (χ1n) is 13.9. The van der Waals surface area contributed by atoms with Gasteiger partial charge in [0.2, 0.25) is 23.5 Å². The number of nitrogens with zero attached hydrogens (tertiary/aromatic N) is 2. The highest BCUT2D eigenvalue weighted by Crippen LogP contribution is 2.21. The number of rotatable bonds is 13. The van der Waals surface area contributed by atoms with E-state index in [0.29, 0.717) is 53.8 Å². The van der Waals surface area contributed by atoms with Gasteiger partial charge in [0.15, 0.2) is 0 Å². The minimum absolute atomic E-state index is 0.0199. The molecule has 218 valence electrons. The predicted octanol–water partition coefficient (Wildman–Crippen LogP) is 4.23. The third kappa shape index (κ3) is 7.67. The van der Waals surface area contributed by atoms with Gasteiger partial charge in [-0.2, -0.15) is 0 Å². The second-order valence-electron chi connectivity index (χ2n) is 10.3. The minimum atomic E-state index is -0.836. The van der Waals surface area contributed by atoms with Gasteiger partial charge in [-0.1, -0.05) is 60.9 Å². The molecule has 2 heterocycles. The lowest BCUT2D eigenvalue weighted by atomic mass is 10.1. The topological polar surface area (TPSA) is 142 Å². The van der Waals surface area contributed by atoms with E-state index in [1.54, 1.807) is 53.6 Å². The summed E-state index contributed by atoms with van der Waals surface area (Å²) in [6.07, 6.45) is 3.88. The largest absolute Gasteiger partial charge is 0.344 e. The van der Waals surface area contributed by atoms with E-state index in [2.05, 4.69) is 15.6 Å². The Bertz CT molecular complexity index is 1570. The number of aromatic nitrogens is 2. The fourth-order valence-corrected chi connectivity index (χ4v) is 4.78. The average molecular weight is 570 g/mol. The number of carbonyl (C=O) groups excluding carboxylic acids is 4. The van der Waals surface area contributed by atoms with Gasteiger partial charge < -0.3 is 15.2 Å². The molecule has 42 heavy (non-hydrogen) atoms. The zero-order chi connectivity index (χ0) is 30.1. The molecule has 2 aromatic heterocycles. The number of hydrogen-bond acceptors (Lipinski definition) is 6. The summed E-state index contributed by atoms with van der Waals surface area (Å²) in [5, 5.41) is 15.3. The smallest absolute Gasteiger partial charge is 0.247 e. The summed E-state index contributed by atoms with van der Waals surface area (Å²) in [5.74, 6) is -1.35. The van der Waals surface area contributed by atoms with Crippen LogP contribution in [0.1, 0.15) is 59.4 Å². The second-order valence-corrected chi connectivity index (χ2v) is 10.3. The first-order valence-corrected chi connectivity index (χ1v) is 13.9. The monoisotopic (exact) mass is 569 g/mol. The molecule has 2 aromatic carbocycles. The van der Waals surface area contributed by atoms with Crippen LogP contribution < -0.4 is 16.1 Å². The van der Waals surface area contributed by atoms with Crippen LogP contribution in [-0.2, 0) is 27.9 Å². The van der Waals surface area contributed by atoms with Crippen molar-refractivity contribution in [1.29, 1.82) is 0 Å². The van der Waals surface area contributed by atoms with E-state index in [1.165, 1.54) is 0 Å². The number of amides is 3. The van der Waals surface area contributed by atoms with Gasteiger partial charge in [-0.3, -0.25) is 29.4 Å². The average Bonchev–Trinajstić information content (AvgIpc) is 3.35. The third-order valence-corrected chi connectivity index (χ3v) is 7.18. The van der Waals surface area contributed by atoms with Crippen molar-refractivity contribution in [2.75, 3.05) is 5.32 Å². The third-order valence-electron chi connectivity index (χ3n) is 7.18. The molecule has 0 bridgehead atoms. The van der Waals surface area contributed by atoms with Gasteiger partial charge in [0.25, 0.3) is 0 Å². The van der Waals surface area contributed by atoms with Crippen LogP contribution in [0, 0.1) is 6.92 Å². The molecule has 0 saturated heterocycles. The van der Waals surface area contributed by atoms with Crippen LogP contribution in [0.3, 0.4) is 0 Å². The van der Waals surface area contributed by atoms with E-state index >= 15 is 0 Å². The van der Waals surface area contributed by atoms with E-state index in [9.17, 15) is 19.2 Å². The van der Waals surface area contributed by atoms with Gasteiger partial charge in [0.05, 0.1) is 23.3 Å². The molecule has 10 heteroatoms. The van der Waals surface area contributed by atoms with Crippen molar-refractivity contribution >= 4 is 40.1 Å². The highest BCUT2D eigenvalue weighted by Gasteiger charge is 2.23. The zero-order valence-corrected chi connectivity index (χ0v) is 23.7. The molecule has 3 amide bonds. The quantitative estimate of drug-likeness (QED) is 0.0821. The van der Waals surface area contributed by atoms with Crippen LogP contribution >= 0.6 is 0 Å². The highest BCUT2D eigenvalue weighted by atomic mass is 16.5. The Hall–Kier alpha value is -4.83. The maximum absolute atomic E-state index is 13.4. The van der Waals surface area contributed by atoms with Crippen molar-refractivity contribution in [3.8, 4) is 0 Å². The number of aryl methyl sites for hydroxylation is 1. The lowest BCUT2D eigenvalue weighted by Crippen LogP contribution is -2.44. The predicted molar refractivity (Wildman–Crippen MR) is 159 cm³/mol. The van der Waals surface area contributed by atoms with Crippen molar-refractivity contribution in [2.45, 2.75) is 51.5 Å². The van der Waals surface area contributed by atoms with Crippen molar-refractivity contribution in [3.05, 3.63) is 95.4 Å². The Morgan fingerprint density at radius 3 is 2.43 bits per heavy atom. The van der Waals surface area contributed by atoms with Crippen LogP contribution in [0.25, 0.3) is 10.9 Å². The maximum atomic E-state index is 13.4. The van der Waals surface area contributed by atoms with Gasteiger partial charge in [-0.15, -0.1) is 0 Å². The number of fused-ring (bicyclic) bond motifs is 1. The summed E-state index contributed by atoms with van der Waals surface area (Å²) >= 11 is 0. The Labute approximate surface area is 244 Å². The number of pyridine rings is 1. The number of unbranched alkanes of at least 4 members (excludes halogenated alkanes) is 2. The second kappa shape index (κ2) is 14.2. The molecule has 4 aromatic rings. The number of hydrogen-bond donors (Lipinski definition) is 4. The molecular weight excluding hydrogens is 534 g/mol. The van der Waals surface area contributed by atoms with Gasteiger partial charge in [-0.25, -0.2) is 5.48 Å². The number of anilines is 1. The summed E-state index contributed by atoms with van der Waals surface area (Å²) in [5.41, 5.74) is 5.51. The SMILES string of the molecule is Cc1ccc(C(=O)c2ccc(CC(=O)N[C@@H](CCCCCC(=O)NO)C(=O)Nc3cccc4cccnc34)n2C)cc1. The first-order chi connectivity index (χ1) is 20.3. The van der Waals surface area contributed by atoms with Gasteiger partial charge >= 0.3 is 0 Å². The van der Waals surface area contributed by atoms with Gasteiger partial charge in [0, 0.05) is 36.3 Å². The van der Waals surface area contributed by atoms with Crippen molar-refractivity contribution in [2.24, 2.45) is 7.05 Å². The van der Waals surface area contributed by atoms with Crippen molar-refractivity contribution in [3.63, 3.8) is 0 Å². The summed E-state index contributed by atoms with van der Waals surface area (Å²) < 4.78 is 1.70. The Morgan fingerprint density at radius 1 is 0.905 bits per heavy atom. The molecule has 0 unspecified atom stereocenters. The van der Waals surface area contributed by atoms with Crippen LogP contribution in [0.4, 0.5) is 5.69 Å². The van der Waals surface area contributed by atoms with Crippen LogP contribution in [0.2, 0.25) is 0 Å². The van der Waals surface area contributed by atoms with E-state index in [4.69, 9.17) is 5.21 Å². The number of para-hydroxylation sites is 1. The van der Waals surface area contributed by atoms with E-state index in [1.807, 2.05) is 43.3 Å². The summed E-state index contributed by atoms with van der Waals surface area (Å²) in [4.78, 5) is 55.3. The maximum Gasteiger partial charge on any atom is 0.247 e. The van der Waals surface area contributed by atoms with E-state index in [0.717, 1.165) is 10.9 Å². The summed E-state index contributed by atoms with van der Waals surface area (Å²) in [6, 6.07) is 19.1. The normalized spacial score (nSPS) is 11.6. The molecule has 0 fully saturated rings. The van der Waals surface area contributed by atoms with Gasteiger partial charge in [0.1, 0.15) is 6.04 Å². The highest BCUT2D eigenvalue weighted by molar-refractivity contribution is 6.08. The van der Waals surface area contributed by atoms with Crippen LogP contribution in [0.5, 0.6) is 0 Å².